The van der Waals surface area contributed by atoms with Crippen LogP contribution in [0, 0.1) is 5.92 Å². The van der Waals surface area contributed by atoms with Crippen LogP contribution in [0.25, 0.3) is 0 Å². The van der Waals surface area contributed by atoms with Crippen LogP contribution in [0.2, 0.25) is 0 Å². The maximum absolute atomic E-state index is 10.7. The van der Waals surface area contributed by atoms with Crippen LogP contribution < -0.4 is 10.2 Å². The molecule has 0 aliphatic carbocycles. The number of nitrogens with zero attached hydrogens (tertiary/aromatic N) is 2. The molecule has 2 heterocycles. The van der Waals surface area contributed by atoms with Gasteiger partial charge in [-0.05, 0) is 31.0 Å². The van der Waals surface area contributed by atoms with Crippen LogP contribution in [0.3, 0.4) is 0 Å². The van der Waals surface area contributed by atoms with Gasteiger partial charge in [0.2, 0.25) is 0 Å². The summed E-state index contributed by atoms with van der Waals surface area (Å²) in [7, 11) is 0. The zero-order valence-corrected chi connectivity index (χ0v) is 13.8. The standard InChI is InChI=1S/C17H27N3O3/c1-14(17(21)22)4-2-3-7-18-12-15-5-6-16(19-13-15)20-8-10-23-11-9-20/h5-6,13-14,18H,2-4,7-12H2,1H3,(H,21,22)/t14-/m0/s1. The Bertz CT molecular complexity index is 472. The number of carbonyl (C=O) groups is 1. The maximum Gasteiger partial charge on any atom is 0.306 e. The Balaban J connectivity index is 1.61. The highest BCUT2D eigenvalue weighted by Gasteiger charge is 2.12. The van der Waals surface area contributed by atoms with Crippen molar-refractivity contribution in [2.75, 3.05) is 37.7 Å². The van der Waals surface area contributed by atoms with Gasteiger partial charge in [0.15, 0.2) is 0 Å². The fourth-order valence-corrected chi connectivity index (χ4v) is 2.56. The summed E-state index contributed by atoms with van der Waals surface area (Å²) in [4.78, 5) is 17.5. The molecule has 1 aromatic heterocycles. The van der Waals surface area contributed by atoms with Crippen molar-refractivity contribution in [1.82, 2.24) is 10.3 Å². The average molecular weight is 321 g/mol. The molecule has 0 unspecified atom stereocenters. The van der Waals surface area contributed by atoms with E-state index in [1.807, 2.05) is 6.20 Å². The highest BCUT2D eigenvalue weighted by molar-refractivity contribution is 5.69. The minimum atomic E-state index is -0.704. The van der Waals surface area contributed by atoms with Crippen LogP contribution in [0.5, 0.6) is 0 Å². The van der Waals surface area contributed by atoms with Gasteiger partial charge in [-0.1, -0.05) is 19.4 Å². The number of anilines is 1. The second-order valence-electron chi connectivity index (χ2n) is 6.04. The minimum absolute atomic E-state index is 0.244. The molecule has 1 aromatic rings. The van der Waals surface area contributed by atoms with Crippen molar-refractivity contribution in [2.45, 2.75) is 32.7 Å². The van der Waals surface area contributed by atoms with E-state index >= 15 is 0 Å². The van der Waals surface area contributed by atoms with Gasteiger partial charge < -0.3 is 20.1 Å². The molecule has 23 heavy (non-hydrogen) atoms. The predicted molar refractivity (Wildman–Crippen MR) is 89.6 cm³/mol. The zero-order chi connectivity index (χ0) is 16.5. The molecule has 0 amide bonds. The third-order valence-corrected chi connectivity index (χ3v) is 4.14. The number of hydrogen-bond acceptors (Lipinski definition) is 5. The number of carboxylic acid groups (broad SMARTS) is 1. The van der Waals surface area contributed by atoms with Crippen molar-refractivity contribution >= 4 is 11.8 Å². The lowest BCUT2D eigenvalue weighted by Gasteiger charge is -2.27. The second kappa shape index (κ2) is 9.47. The highest BCUT2D eigenvalue weighted by Crippen LogP contribution is 2.13. The molecule has 1 atom stereocenters. The molecule has 0 aromatic carbocycles. The molecule has 1 saturated heterocycles. The lowest BCUT2D eigenvalue weighted by molar-refractivity contribution is -0.141. The summed E-state index contributed by atoms with van der Waals surface area (Å²) in [5.41, 5.74) is 1.17. The first-order valence-electron chi connectivity index (χ1n) is 8.38. The van der Waals surface area contributed by atoms with Gasteiger partial charge in [0.25, 0.3) is 0 Å². The van der Waals surface area contributed by atoms with Crippen molar-refractivity contribution < 1.29 is 14.6 Å². The topological polar surface area (TPSA) is 74.7 Å². The van der Waals surface area contributed by atoms with Crippen LogP contribution in [0.15, 0.2) is 18.3 Å². The molecule has 6 nitrogen and oxygen atoms in total. The molecule has 0 radical (unpaired) electrons. The Hall–Kier alpha value is -1.66. The summed E-state index contributed by atoms with van der Waals surface area (Å²) < 4.78 is 5.35. The van der Waals surface area contributed by atoms with Crippen molar-refractivity contribution in [1.29, 1.82) is 0 Å². The van der Waals surface area contributed by atoms with Crippen LogP contribution in [-0.2, 0) is 16.1 Å². The number of hydrogen-bond donors (Lipinski definition) is 2. The molecule has 6 heteroatoms. The molecule has 0 saturated carbocycles. The first-order chi connectivity index (χ1) is 11.2. The monoisotopic (exact) mass is 321 g/mol. The predicted octanol–water partition coefficient (Wildman–Crippen LogP) is 1.90. The first-order valence-corrected chi connectivity index (χ1v) is 8.38. The number of unbranched alkanes of at least 4 members (excludes halogenated alkanes) is 1. The summed E-state index contributed by atoms with van der Waals surface area (Å²) >= 11 is 0. The van der Waals surface area contributed by atoms with E-state index in [1.165, 1.54) is 5.56 Å². The number of aromatic nitrogens is 1. The molecule has 1 fully saturated rings. The third kappa shape index (κ3) is 6.15. The van der Waals surface area contributed by atoms with Gasteiger partial charge in [0, 0.05) is 25.8 Å². The van der Waals surface area contributed by atoms with Crippen LogP contribution in [0.4, 0.5) is 5.82 Å². The Morgan fingerprint density at radius 1 is 1.39 bits per heavy atom. The van der Waals surface area contributed by atoms with Crippen molar-refractivity contribution in [2.24, 2.45) is 5.92 Å². The SMILES string of the molecule is C[C@@H](CCCCNCc1ccc(N2CCOCC2)nc1)C(=O)O. The summed E-state index contributed by atoms with van der Waals surface area (Å²) in [6.07, 6.45) is 4.60. The van der Waals surface area contributed by atoms with E-state index in [9.17, 15) is 4.79 Å². The van der Waals surface area contributed by atoms with E-state index in [4.69, 9.17) is 9.84 Å². The van der Waals surface area contributed by atoms with Crippen LogP contribution >= 0.6 is 0 Å². The summed E-state index contributed by atoms with van der Waals surface area (Å²) in [6.45, 7) is 6.80. The average Bonchev–Trinajstić information content (AvgIpc) is 2.59. The van der Waals surface area contributed by atoms with E-state index < -0.39 is 5.97 Å². The van der Waals surface area contributed by atoms with Crippen molar-refractivity contribution in [3.63, 3.8) is 0 Å². The molecule has 0 spiro atoms. The van der Waals surface area contributed by atoms with Gasteiger partial charge >= 0.3 is 5.97 Å². The van der Waals surface area contributed by atoms with Crippen LogP contribution in [-0.4, -0.2) is 48.9 Å². The number of aliphatic carboxylic acids is 1. The normalized spacial score (nSPS) is 16.3. The molecule has 1 aliphatic rings. The minimum Gasteiger partial charge on any atom is -0.481 e. The van der Waals surface area contributed by atoms with Gasteiger partial charge in [-0.15, -0.1) is 0 Å². The fraction of sp³-hybridized carbons (Fsp3) is 0.647. The van der Waals surface area contributed by atoms with Gasteiger partial charge in [-0.2, -0.15) is 0 Å². The van der Waals surface area contributed by atoms with Gasteiger partial charge in [-0.3, -0.25) is 4.79 Å². The Labute approximate surface area is 137 Å². The van der Waals surface area contributed by atoms with Gasteiger partial charge in [0.05, 0.1) is 19.1 Å². The van der Waals surface area contributed by atoms with Crippen LogP contribution in [0.1, 0.15) is 31.7 Å². The quantitative estimate of drug-likeness (QED) is 0.677. The number of carboxylic acids is 1. The molecule has 1 aliphatic heterocycles. The number of ether oxygens (including phenoxy) is 1. The smallest absolute Gasteiger partial charge is 0.306 e. The number of pyridine rings is 1. The highest BCUT2D eigenvalue weighted by atomic mass is 16.5. The number of nitrogens with one attached hydrogen (secondary N) is 1. The molecular formula is C17H27N3O3. The summed E-state index contributed by atoms with van der Waals surface area (Å²) in [5, 5.41) is 12.2. The number of morpholine rings is 1. The number of rotatable bonds is 9. The molecule has 2 N–H and O–H groups in total. The summed E-state index contributed by atoms with van der Waals surface area (Å²) in [6, 6.07) is 4.17. The molecule has 0 bridgehead atoms. The fourth-order valence-electron chi connectivity index (χ4n) is 2.56. The molecule has 128 valence electrons. The van der Waals surface area contributed by atoms with Crippen molar-refractivity contribution in [3.05, 3.63) is 23.9 Å². The second-order valence-corrected chi connectivity index (χ2v) is 6.04. The Morgan fingerprint density at radius 3 is 2.83 bits per heavy atom. The zero-order valence-electron chi connectivity index (χ0n) is 13.8. The lowest BCUT2D eigenvalue weighted by Crippen LogP contribution is -2.36. The summed E-state index contributed by atoms with van der Waals surface area (Å²) in [5.74, 6) is 0.0658. The lowest BCUT2D eigenvalue weighted by atomic mass is 10.0. The van der Waals surface area contributed by atoms with E-state index in [0.29, 0.717) is 0 Å². The van der Waals surface area contributed by atoms with E-state index in [0.717, 1.165) is 64.5 Å². The van der Waals surface area contributed by atoms with Gasteiger partial charge in [-0.25, -0.2) is 4.98 Å². The third-order valence-electron chi connectivity index (χ3n) is 4.14. The molecular weight excluding hydrogens is 294 g/mol. The van der Waals surface area contributed by atoms with E-state index in [1.54, 1.807) is 6.92 Å². The molecule has 2 rings (SSSR count). The first kappa shape index (κ1) is 17.7. The van der Waals surface area contributed by atoms with E-state index in [2.05, 4.69) is 27.3 Å². The maximum atomic E-state index is 10.7. The Kier molecular flexibility index (Phi) is 7.29. The Morgan fingerprint density at radius 2 is 2.17 bits per heavy atom. The van der Waals surface area contributed by atoms with Gasteiger partial charge in [0.1, 0.15) is 5.82 Å². The largest absolute Gasteiger partial charge is 0.481 e. The van der Waals surface area contributed by atoms with E-state index in [-0.39, 0.29) is 5.92 Å². The van der Waals surface area contributed by atoms with Crippen molar-refractivity contribution in [3.8, 4) is 0 Å².